The summed E-state index contributed by atoms with van der Waals surface area (Å²) in [6.45, 7) is 1.90. The SMILES string of the molecule is CNC(=O)c1ccc(NC(=O)c2cc3c(C)nn(-c4ccccc4Cl)c3s2)cc1. The highest BCUT2D eigenvalue weighted by atomic mass is 35.5. The maximum absolute atomic E-state index is 12.7. The Bertz CT molecular complexity index is 1230. The summed E-state index contributed by atoms with van der Waals surface area (Å²) < 4.78 is 1.77. The number of thiophene rings is 1. The lowest BCUT2D eigenvalue weighted by molar-refractivity contribution is 0.0962. The molecule has 0 saturated carbocycles. The molecule has 4 aromatic rings. The van der Waals surface area contributed by atoms with Crippen LogP contribution >= 0.6 is 22.9 Å². The average molecular weight is 425 g/mol. The molecule has 8 heteroatoms. The van der Waals surface area contributed by atoms with E-state index >= 15 is 0 Å². The van der Waals surface area contributed by atoms with Crippen molar-refractivity contribution in [2.24, 2.45) is 0 Å². The second kappa shape index (κ2) is 7.69. The zero-order chi connectivity index (χ0) is 20.5. The number of halogens is 1. The number of para-hydroxylation sites is 1. The number of fused-ring (bicyclic) bond motifs is 1. The van der Waals surface area contributed by atoms with Crippen molar-refractivity contribution in [3.8, 4) is 5.69 Å². The van der Waals surface area contributed by atoms with E-state index in [1.165, 1.54) is 11.3 Å². The van der Waals surface area contributed by atoms with Gasteiger partial charge >= 0.3 is 0 Å². The number of carbonyl (C=O) groups excluding carboxylic acids is 2. The van der Waals surface area contributed by atoms with Crippen LogP contribution in [0.2, 0.25) is 5.02 Å². The number of amides is 2. The number of nitrogens with zero attached hydrogens (tertiary/aromatic N) is 2. The van der Waals surface area contributed by atoms with Gasteiger partial charge in [0.15, 0.2) is 0 Å². The van der Waals surface area contributed by atoms with Crippen LogP contribution in [0.5, 0.6) is 0 Å². The first-order chi connectivity index (χ1) is 14.0. The van der Waals surface area contributed by atoms with Gasteiger partial charge in [0.05, 0.1) is 21.3 Å². The number of hydrogen-bond donors (Lipinski definition) is 2. The van der Waals surface area contributed by atoms with E-state index < -0.39 is 0 Å². The van der Waals surface area contributed by atoms with Gasteiger partial charge in [-0.1, -0.05) is 23.7 Å². The Kier molecular flexibility index (Phi) is 5.08. The Morgan fingerprint density at radius 2 is 1.79 bits per heavy atom. The second-order valence-corrected chi connectivity index (χ2v) is 7.83. The van der Waals surface area contributed by atoms with Crippen molar-refractivity contribution in [2.75, 3.05) is 12.4 Å². The van der Waals surface area contributed by atoms with Crippen LogP contribution in [-0.4, -0.2) is 28.6 Å². The molecule has 6 nitrogen and oxygen atoms in total. The molecular formula is C21H17ClN4O2S. The van der Waals surface area contributed by atoms with Crippen molar-refractivity contribution in [1.29, 1.82) is 0 Å². The van der Waals surface area contributed by atoms with Crippen LogP contribution < -0.4 is 10.6 Å². The predicted octanol–water partition coefficient (Wildman–Crippen LogP) is 4.66. The molecule has 0 bridgehead atoms. The molecule has 2 N–H and O–H groups in total. The van der Waals surface area contributed by atoms with Crippen LogP contribution in [0, 0.1) is 6.92 Å². The third-order valence-corrected chi connectivity index (χ3v) is 5.91. The fourth-order valence-corrected chi connectivity index (χ4v) is 4.27. The summed E-state index contributed by atoms with van der Waals surface area (Å²) >= 11 is 7.68. The molecule has 2 amide bonds. The normalized spacial score (nSPS) is 10.9. The molecular weight excluding hydrogens is 408 g/mol. The molecule has 4 rings (SSSR count). The first kappa shape index (κ1) is 19.2. The minimum Gasteiger partial charge on any atom is -0.355 e. The van der Waals surface area contributed by atoms with Crippen molar-refractivity contribution in [1.82, 2.24) is 15.1 Å². The fraction of sp³-hybridized carbons (Fsp3) is 0.0952. The summed E-state index contributed by atoms with van der Waals surface area (Å²) in [5, 5.41) is 11.5. The van der Waals surface area contributed by atoms with E-state index in [0.29, 0.717) is 21.2 Å². The monoisotopic (exact) mass is 424 g/mol. The van der Waals surface area contributed by atoms with Gasteiger partial charge < -0.3 is 10.6 Å². The van der Waals surface area contributed by atoms with Gasteiger partial charge in [-0.15, -0.1) is 11.3 Å². The van der Waals surface area contributed by atoms with Gasteiger partial charge in [0, 0.05) is 23.7 Å². The molecule has 0 spiro atoms. The fourth-order valence-electron chi connectivity index (χ4n) is 2.99. The lowest BCUT2D eigenvalue weighted by Gasteiger charge is -2.05. The van der Waals surface area contributed by atoms with Crippen LogP contribution in [0.4, 0.5) is 5.69 Å². The van der Waals surface area contributed by atoms with E-state index in [4.69, 9.17) is 11.6 Å². The molecule has 0 aliphatic heterocycles. The molecule has 0 radical (unpaired) electrons. The molecule has 29 heavy (non-hydrogen) atoms. The summed E-state index contributed by atoms with van der Waals surface area (Å²) in [4.78, 5) is 25.8. The van der Waals surface area contributed by atoms with Crippen molar-refractivity contribution in [2.45, 2.75) is 6.92 Å². The van der Waals surface area contributed by atoms with Gasteiger partial charge in [0.2, 0.25) is 0 Å². The Morgan fingerprint density at radius 1 is 1.07 bits per heavy atom. The van der Waals surface area contributed by atoms with Gasteiger partial charge in [-0.05, 0) is 49.4 Å². The summed E-state index contributed by atoms with van der Waals surface area (Å²) in [5.74, 6) is -0.393. The molecule has 0 fully saturated rings. The highest BCUT2D eigenvalue weighted by Gasteiger charge is 2.18. The predicted molar refractivity (Wildman–Crippen MR) is 116 cm³/mol. The first-order valence-electron chi connectivity index (χ1n) is 8.85. The topological polar surface area (TPSA) is 76.0 Å². The Morgan fingerprint density at radius 3 is 2.48 bits per heavy atom. The number of nitrogens with one attached hydrogen (secondary N) is 2. The lowest BCUT2D eigenvalue weighted by Crippen LogP contribution is -2.17. The molecule has 2 heterocycles. The zero-order valence-electron chi connectivity index (χ0n) is 15.7. The van der Waals surface area contributed by atoms with Crippen LogP contribution in [-0.2, 0) is 0 Å². The van der Waals surface area contributed by atoms with E-state index in [1.54, 1.807) is 36.0 Å². The van der Waals surface area contributed by atoms with Crippen LogP contribution in [0.15, 0.2) is 54.6 Å². The van der Waals surface area contributed by atoms with E-state index in [0.717, 1.165) is 21.6 Å². The minimum atomic E-state index is -0.219. The number of anilines is 1. The number of aromatic nitrogens is 2. The summed E-state index contributed by atoms with van der Waals surface area (Å²) in [6.07, 6.45) is 0. The van der Waals surface area contributed by atoms with E-state index in [-0.39, 0.29) is 11.8 Å². The smallest absolute Gasteiger partial charge is 0.265 e. The lowest BCUT2D eigenvalue weighted by atomic mass is 10.2. The van der Waals surface area contributed by atoms with Gasteiger partial charge in [-0.3, -0.25) is 9.59 Å². The Balaban J connectivity index is 1.63. The summed E-state index contributed by atoms with van der Waals surface area (Å²) in [6, 6.07) is 16.0. The molecule has 2 aromatic carbocycles. The maximum Gasteiger partial charge on any atom is 0.265 e. The third kappa shape index (κ3) is 3.62. The highest BCUT2D eigenvalue weighted by Crippen LogP contribution is 2.32. The van der Waals surface area contributed by atoms with E-state index in [9.17, 15) is 9.59 Å². The van der Waals surface area contributed by atoms with Crippen molar-refractivity contribution < 1.29 is 9.59 Å². The first-order valence-corrected chi connectivity index (χ1v) is 10.0. The van der Waals surface area contributed by atoms with Crippen molar-refractivity contribution in [3.05, 3.63) is 75.8 Å². The van der Waals surface area contributed by atoms with Gasteiger partial charge in [0.1, 0.15) is 4.83 Å². The molecule has 0 aliphatic carbocycles. The number of benzene rings is 2. The largest absolute Gasteiger partial charge is 0.355 e. The van der Waals surface area contributed by atoms with Gasteiger partial charge in [0.25, 0.3) is 11.8 Å². The second-order valence-electron chi connectivity index (χ2n) is 6.39. The zero-order valence-corrected chi connectivity index (χ0v) is 17.3. The number of aryl methyl sites for hydroxylation is 1. The number of rotatable bonds is 4. The molecule has 0 unspecified atom stereocenters. The molecule has 0 atom stereocenters. The number of hydrogen-bond acceptors (Lipinski definition) is 4. The van der Waals surface area contributed by atoms with Crippen molar-refractivity contribution in [3.63, 3.8) is 0 Å². The van der Waals surface area contributed by atoms with Crippen LogP contribution in [0.25, 0.3) is 15.9 Å². The Hall–Kier alpha value is -3.16. The minimum absolute atomic E-state index is 0.174. The molecule has 0 saturated heterocycles. The average Bonchev–Trinajstić information content (AvgIpc) is 3.29. The van der Waals surface area contributed by atoms with E-state index in [1.807, 2.05) is 37.3 Å². The number of carbonyl (C=O) groups is 2. The standard InChI is InChI=1S/C21H17ClN4O2S/c1-12-15-11-18(20(28)24-14-9-7-13(8-10-14)19(27)23-2)29-21(15)26(25-12)17-6-4-3-5-16(17)22/h3-11H,1-2H3,(H,23,27)(H,24,28). The van der Waals surface area contributed by atoms with Gasteiger partial charge in [-0.2, -0.15) is 5.10 Å². The highest BCUT2D eigenvalue weighted by molar-refractivity contribution is 7.20. The molecule has 0 aliphatic rings. The Labute approximate surface area is 176 Å². The maximum atomic E-state index is 12.7. The van der Waals surface area contributed by atoms with Gasteiger partial charge in [-0.25, -0.2) is 4.68 Å². The summed E-state index contributed by atoms with van der Waals surface area (Å²) in [7, 11) is 1.57. The molecule has 2 aromatic heterocycles. The quantitative estimate of drug-likeness (QED) is 0.500. The summed E-state index contributed by atoms with van der Waals surface area (Å²) in [5.41, 5.74) is 2.74. The van der Waals surface area contributed by atoms with E-state index in [2.05, 4.69) is 15.7 Å². The van der Waals surface area contributed by atoms with Crippen LogP contribution in [0.3, 0.4) is 0 Å². The van der Waals surface area contributed by atoms with Crippen LogP contribution in [0.1, 0.15) is 25.7 Å². The van der Waals surface area contributed by atoms with Crippen molar-refractivity contribution >= 4 is 50.7 Å². The third-order valence-electron chi connectivity index (χ3n) is 4.48. The molecule has 146 valence electrons.